The number of nitriles is 1. The number of fused-ring (bicyclic) bond motifs is 1. The molecule has 1 saturated heterocycles. The second-order valence-electron chi connectivity index (χ2n) is 8.87. The van der Waals surface area contributed by atoms with Gasteiger partial charge in [-0.1, -0.05) is 0 Å². The maximum absolute atomic E-state index is 14.0. The number of piperazine rings is 1. The second-order valence-corrected chi connectivity index (χ2v) is 8.87. The summed E-state index contributed by atoms with van der Waals surface area (Å²) in [6.07, 6.45) is 8.43. The van der Waals surface area contributed by atoms with Gasteiger partial charge in [0.1, 0.15) is 11.6 Å². The molecule has 4 aromatic rings. The molecule has 1 aliphatic rings. The summed E-state index contributed by atoms with van der Waals surface area (Å²) in [7, 11) is 0. The molecule has 178 valence electrons. The zero-order valence-electron chi connectivity index (χ0n) is 19.3. The van der Waals surface area contributed by atoms with Crippen molar-refractivity contribution in [2.24, 2.45) is 0 Å². The number of benzene rings is 2. The lowest BCUT2D eigenvalue weighted by molar-refractivity contribution is 0.252. The van der Waals surface area contributed by atoms with E-state index >= 15 is 0 Å². The van der Waals surface area contributed by atoms with Crippen LogP contribution in [-0.2, 0) is 6.42 Å². The smallest absolute Gasteiger partial charge is 0.225 e. The van der Waals surface area contributed by atoms with E-state index in [1.54, 1.807) is 12.4 Å². The highest BCUT2D eigenvalue weighted by Gasteiger charge is 2.19. The average Bonchev–Trinajstić information content (AvgIpc) is 3.29. The predicted octanol–water partition coefficient (Wildman–Crippen LogP) is 4.92. The summed E-state index contributed by atoms with van der Waals surface area (Å²) in [6, 6.07) is 11.5. The van der Waals surface area contributed by atoms with E-state index in [1.165, 1.54) is 17.7 Å². The minimum absolute atomic E-state index is 0.293. The van der Waals surface area contributed by atoms with Gasteiger partial charge in [-0.05, 0) is 61.7 Å². The molecule has 1 fully saturated rings. The number of aryl methyl sites for hydroxylation is 1. The van der Waals surface area contributed by atoms with Gasteiger partial charge in [0, 0.05) is 72.9 Å². The number of anilines is 1. The quantitative estimate of drug-likeness (QED) is 0.387. The first-order valence-electron chi connectivity index (χ1n) is 11.9. The molecule has 6 nitrogen and oxygen atoms in total. The molecular formula is C27H26F2N6. The third-order valence-electron chi connectivity index (χ3n) is 6.60. The summed E-state index contributed by atoms with van der Waals surface area (Å²) < 4.78 is 27.2. The SMILES string of the molecule is N#Cc1ccc2[nH]cc(CCCCN3CCN(c4ncc(-c5ccc(F)cc5F)cn4)CC3)c2c1. The van der Waals surface area contributed by atoms with Crippen LogP contribution in [0.25, 0.3) is 22.0 Å². The Balaban J connectivity index is 1.09. The van der Waals surface area contributed by atoms with Gasteiger partial charge in [0.2, 0.25) is 5.95 Å². The Bertz CT molecular complexity index is 1350. The second kappa shape index (κ2) is 10.2. The summed E-state index contributed by atoms with van der Waals surface area (Å²) in [6.45, 7) is 4.60. The Labute approximate surface area is 202 Å². The number of hydrogen-bond donors (Lipinski definition) is 1. The Kier molecular flexibility index (Phi) is 6.68. The van der Waals surface area contributed by atoms with E-state index in [9.17, 15) is 8.78 Å². The number of nitrogens with zero attached hydrogens (tertiary/aromatic N) is 5. The third kappa shape index (κ3) is 5.15. The van der Waals surface area contributed by atoms with Crippen LogP contribution < -0.4 is 4.90 Å². The lowest BCUT2D eigenvalue weighted by atomic mass is 10.1. The van der Waals surface area contributed by atoms with E-state index in [2.05, 4.69) is 37.0 Å². The van der Waals surface area contributed by atoms with Crippen LogP contribution >= 0.6 is 0 Å². The number of aromatic amines is 1. The molecule has 2 aromatic heterocycles. The van der Waals surface area contributed by atoms with Gasteiger partial charge in [0.05, 0.1) is 11.6 Å². The number of H-pyrrole nitrogens is 1. The van der Waals surface area contributed by atoms with E-state index in [1.807, 2.05) is 18.2 Å². The molecule has 0 spiro atoms. The van der Waals surface area contributed by atoms with Crippen molar-refractivity contribution >= 4 is 16.9 Å². The van der Waals surface area contributed by atoms with Crippen LogP contribution in [0, 0.1) is 23.0 Å². The highest BCUT2D eigenvalue weighted by atomic mass is 19.1. The van der Waals surface area contributed by atoms with Crippen LogP contribution in [0.1, 0.15) is 24.0 Å². The molecule has 0 unspecified atom stereocenters. The fourth-order valence-corrected chi connectivity index (χ4v) is 4.62. The van der Waals surface area contributed by atoms with Crippen molar-refractivity contribution in [2.45, 2.75) is 19.3 Å². The highest BCUT2D eigenvalue weighted by Crippen LogP contribution is 2.24. The number of halogens is 2. The first kappa shape index (κ1) is 22.9. The van der Waals surface area contributed by atoms with Gasteiger partial charge in [-0.25, -0.2) is 18.7 Å². The van der Waals surface area contributed by atoms with Crippen molar-refractivity contribution < 1.29 is 8.78 Å². The van der Waals surface area contributed by atoms with E-state index in [4.69, 9.17) is 5.26 Å². The Hall–Kier alpha value is -3.83. The first-order chi connectivity index (χ1) is 17.1. The lowest BCUT2D eigenvalue weighted by Gasteiger charge is -2.34. The fraction of sp³-hybridized carbons (Fsp3) is 0.296. The molecule has 1 aliphatic heterocycles. The van der Waals surface area contributed by atoms with Crippen molar-refractivity contribution in [1.82, 2.24) is 19.9 Å². The largest absolute Gasteiger partial charge is 0.361 e. The zero-order chi connectivity index (χ0) is 24.2. The minimum atomic E-state index is -0.619. The third-order valence-corrected chi connectivity index (χ3v) is 6.60. The fourth-order valence-electron chi connectivity index (χ4n) is 4.62. The maximum atomic E-state index is 14.0. The molecule has 0 amide bonds. The summed E-state index contributed by atoms with van der Waals surface area (Å²) >= 11 is 0. The van der Waals surface area contributed by atoms with Gasteiger partial charge < -0.3 is 9.88 Å². The summed E-state index contributed by atoms with van der Waals surface area (Å²) in [5, 5.41) is 10.3. The van der Waals surface area contributed by atoms with Crippen molar-refractivity contribution in [2.75, 3.05) is 37.6 Å². The van der Waals surface area contributed by atoms with Crippen molar-refractivity contribution in [1.29, 1.82) is 5.26 Å². The molecule has 5 rings (SSSR count). The molecule has 0 aliphatic carbocycles. The lowest BCUT2D eigenvalue weighted by Crippen LogP contribution is -2.47. The predicted molar refractivity (Wildman–Crippen MR) is 132 cm³/mol. The Morgan fingerprint density at radius 1 is 0.971 bits per heavy atom. The van der Waals surface area contributed by atoms with E-state index < -0.39 is 11.6 Å². The van der Waals surface area contributed by atoms with Crippen LogP contribution in [0.4, 0.5) is 14.7 Å². The molecule has 35 heavy (non-hydrogen) atoms. The van der Waals surface area contributed by atoms with Crippen molar-refractivity contribution in [3.8, 4) is 17.2 Å². The number of rotatable bonds is 7. The number of aromatic nitrogens is 3. The molecule has 2 aromatic carbocycles. The molecule has 3 heterocycles. The van der Waals surface area contributed by atoms with E-state index in [0.29, 0.717) is 22.6 Å². The molecule has 0 saturated carbocycles. The van der Waals surface area contributed by atoms with Crippen LogP contribution in [0.5, 0.6) is 0 Å². The van der Waals surface area contributed by atoms with E-state index in [0.717, 1.165) is 69.0 Å². The minimum Gasteiger partial charge on any atom is -0.361 e. The molecular weight excluding hydrogens is 446 g/mol. The molecule has 1 N–H and O–H groups in total. The van der Waals surface area contributed by atoms with Crippen molar-refractivity contribution in [3.63, 3.8) is 0 Å². The van der Waals surface area contributed by atoms with Crippen molar-refractivity contribution in [3.05, 3.63) is 77.8 Å². The number of nitrogens with one attached hydrogen (secondary N) is 1. The molecule has 0 atom stereocenters. The normalized spacial score (nSPS) is 14.4. The van der Waals surface area contributed by atoms with Gasteiger partial charge in [0.25, 0.3) is 0 Å². The van der Waals surface area contributed by atoms with Gasteiger partial charge in [0.15, 0.2) is 0 Å². The van der Waals surface area contributed by atoms with Gasteiger partial charge >= 0.3 is 0 Å². The van der Waals surface area contributed by atoms with Gasteiger partial charge in [-0.2, -0.15) is 5.26 Å². The Morgan fingerprint density at radius 3 is 2.51 bits per heavy atom. The maximum Gasteiger partial charge on any atom is 0.225 e. The van der Waals surface area contributed by atoms with Gasteiger partial charge in [-0.15, -0.1) is 0 Å². The van der Waals surface area contributed by atoms with Gasteiger partial charge in [-0.3, -0.25) is 4.90 Å². The Morgan fingerprint density at radius 2 is 1.77 bits per heavy atom. The summed E-state index contributed by atoms with van der Waals surface area (Å²) in [5.41, 5.74) is 3.86. The van der Waals surface area contributed by atoms with Crippen LogP contribution in [0.15, 0.2) is 55.0 Å². The monoisotopic (exact) mass is 472 g/mol. The standard InChI is InChI=1S/C27H26F2N6/c28-22-5-6-23(25(29)14-22)21-17-32-27(33-18-21)35-11-9-34(10-12-35)8-2-1-3-20-16-31-26-7-4-19(15-30)13-24(20)26/h4-7,13-14,16-18,31H,1-3,8-12H2. The van der Waals surface area contributed by atoms with Crippen LogP contribution in [-0.4, -0.2) is 52.6 Å². The summed E-state index contributed by atoms with van der Waals surface area (Å²) in [4.78, 5) is 16.7. The first-order valence-corrected chi connectivity index (χ1v) is 11.9. The molecule has 8 heteroatoms. The average molecular weight is 473 g/mol. The molecule has 0 bridgehead atoms. The zero-order valence-corrected chi connectivity index (χ0v) is 19.3. The summed E-state index contributed by atoms with van der Waals surface area (Å²) in [5.74, 6) is -0.590. The number of unbranched alkanes of at least 4 members (excludes halogenated alkanes) is 1. The number of hydrogen-bond acceptors (Lipinski definition) is 5. The van der Waals surface area contributed by atoms with E-state index in [-0.39, 0.29) is 0 Å². The van der Waals surface area contributed by atoms with Crippen LogP contribution in [0.2, 0.25) is 0 Å². The highest BCUT2D eigenvalue weighted by molar-refractivity contribution is 5.84. The topological polar surface area (TPSA) is 71.8 Å². The van der Waals surface area contributed by atoms with Crippen LogP contribution in [0.3, 0.4) is 0 Å². The molecule has 0 radical (unpaired) electrons.